The predicted molar refractivity (Wildman–Crippen MR) is 72.2 cm³/mol. The number of ketones is 1. The van der Waals surface area contributed by atoms with Gasteiger partial charge in [0.2, 0.25) is 0 Å². The lowest BCUT2D eigenvalue weighted by molar-refractivity contribution is -0.127. The maximum Gasteiger partial charge on any atom is 0.152 e. The monoisotopic (exact) mass is 253 g/mol. The fourth-order valence-corrected chi connectivity index (χ4v) is 1.57. The van der Waals surface area contributed by atoms with Crippen LogP contribution in [0.15, 0.2) is 24.3 Å². The van der Waals surface area contributed by atoms with Crippen LogP contribution in [0.2, 0.25) is 5.02 Å². The van der Waals surface area contributed by atoms with Crippen molar-refractivity contribution in [1.82, 2.24) is 4.90 Å². The van der Waals surface area contributed by atoms with Crippen molar-refractivity contribution in [3.63, 3.8) is 0 Å². The second-order valence-corrected chi connectivity index (χ2v) is 5.91. The van der Waals surface area contributed by atoms with Crippen LogP contribution >= 0.6 is 11.6 Å². The van der Waals surface area contributed by atoms with Gasteiger partial charge in [0, 0.05) is 17.0 Å². The lowest BCUT2D eigenvalue weighted by Gasteiger charge is -2.22. The second-order valence-electron chi connectivity index (χ2n) is 5.47. The van der Waals surface area contributed by atoms with Gasteiger partial charge in [0.15, 0.2) is 5.78 Å². The summed E-state index contributed by atoms with van der Waals surface area (Å²) in [5.74, 6) is 0.258. The molecule has 0 aliphatic carbocycles. The first-order valence-electron chi connectivity index (χ1n) is 5.75. The highest BCUT2D eigenvalue weighted by Gasteiger charge is 2.22. The third kappa shape index (κ3) is 4.88. The molecule has 0 unspecified atom stereocenters. The van der Waals surface area contributed by atoms with Gasteiger partial charge in [0.25, 0.3) is 0 Å². The van der Waals surface area contributed by atoms with Crippen molar-refractivity contribution in [2.75, 3.05) is 13.6 Å². The lowest BCUT2D eigenvalue weighted by Crippen LogP contribution is -2.33. The number of carbonyl (C=O) groups is 1. The van der Waals surface area contributed by atoms with E-state index in [4.69, 9.17) is 11.6 Å². The minimum absolute atomic E-state index is 0.258. The zero-order chi connectivity index (χ0) is 13.1. The van der Waals surface area contributed by atoms with Crippen molar-refractivity contribution in [2.24, 2.45) is 5.41 Å². The number of likely N-dealkylation sites (N-methyl/N-ethyl adjacent to an activating group) is 1. The molecule has 1 aromatic carbocycles. The Morgan fingerprint density at radius 3 is 2.24 bits per heavy atom. The molecule has 3 heteroatoms. The van der Waals surface area contributed by atoms with Crippen LogP contribution < -0.4 is 0 Å². The summed E-state index contributed by atoms with van der Waals surface area (Å²) in [6, 6.07) is 7.72. The number of hydrogen-bond acceptors (Lipinski definition) is 2. The first-order chi connectivity index (χ1) is 7.79. The van der Waals surface area contributed by atoms with Gasteiger partial charge in [-0.25, -0.2) is 0 Å². The second kappa shape index (κ2) is 5.65. The molecule has 17 heavy (non-hydrogen) atoms. The van der Waals surface area contributed by atoms with Crippen LogP contribution in [0.1, 0.15) is 26.3 Å². The van der Waals surface area contributed by atoms with E-state index in [2.05, 4.69) is 0 Å². The molecule has 2 nitrogen and oxygen atoms in total. The van der Waals surface area contributed by atoms with Crippen LogP contribution in [-0.2, 0) is 11.3 Å². The topological polar surface area (TPSA) is 20.3 Å². The SMILES string of the molecule is CN(CC(=O)C(C)(C)C)Cc1ccc(Cl)cc1. The molecule has 0 saturated heterocycles. The Kier molecular flexibility index (Phi) is 4.72. The fourth-order valence-electron chi connectivity index (χ4n) is 1.44. The fraction of sp³-hybridized carbons (Fsp3) is 0.500. The minimum atomic E-state index is -0.270. The molecule has 0 aromatic heterocycles. The molecule has 0 aliphatic rings. The van der Waals surface area contributed by atoms with E-state index in [1.807, 2.05) is 57.0 Å². The Hall–Kier alpha value is -0.860. The van der Waals surface area contributed by atoms with Gasteiger partial charge in [-0.2, -0.15) is 0 Å². The van der Waals surface area contributed by atoms with E-state index in [1.54, 1.807) is 0 Å². The van der Waals surface area contributed by atoms with E-state index >= 15 is 0 Å². The molecular weight excluding hydrogens is 234 g/mol. The van der Waals surface area contributed by atoms with Gasteiger partial charge in [-0.3, -0.25) is 9.69 Å². The number of nitrogens with zero attached hydrogens (tertiary/aromatic N) is 1. The summed E-state index contributed by atoms with van der Waals surface area (Å²) in [4.78, 5) is 13.9. The number of benzene rings is 1. The summed E-state index contributed by atoms with van der Waals surface area (Å²) in [5.41, 5.74) is 0.896. The number of hydrogen-bond donors (Lipinski definition) is 0. The first-order valence-corrected chi connectivity index (χ1v) is 6.13. The van der Waals surface area contributed by atoms with Gasteiger partial charge < -0.3 is 0 Å². The largest absolute Gasteiger partial charge is 0.298 e. The number of rotatable bonds is 4. The maximum atomic E-state index is 11.9. The Bertz CT molecular complexity index is 378. The number of halogens is 1. The Labute approximate surface area is 109 Å². The quantitative estimate of drug-likeness (QED) is 0.820. The molecule has 0 aliphatic heterocycles. The van der Waals surface area contributed by atoms with Crippen LogP contribution in [0.4, 0.5) is 0 Å². The van der Waals surface area contributed by atoms with Gasteiger partial charge in [-0.15, -0.1) is 0 Å². The van der Waals surface area contributed by atoms with E-state index in [-0.39, 0.29) is 11.2 Å². The predicted octanol–water partition coefficient (Wildman–Crippen LogP) is 3.39. The first kappa shape index (κ1) is 14.2. The smallest absolute Gasteiger partial charge is 0.152 e. The summed E-state index contributed by atoms with van der Waals surface area (Å²) >= 11 is 5.82. The van der Waals surface area contributed by atoms with Crippen molar-refractivity contribution >= 4 is 17.4 Å². The standard InChI is InChI=1S/C14H20ClNO/c1-14(2,3)13(17)10-16(4)9-11-5-7-12(15)8-6-11/h5-8H,9-10H2,1-4H3. The summed E-state index contributed by atoms with van der Waals surface area (Å²) in [6.07, 6.45) is 0. The summed E-state index contributed by atoms with van der Waals surface area (Å²) in [5, 5.41) is 0.738. The molecule has 0 spiro atoms. The van der Waals surface area contributed by atoms with Gasteiger partial charge in [-0.1, -0.05) is 44.5 Å². The minimum Gasteiger partial charge on any atom is -0.298 e. The van der Waals surface area contributed by atoms with Crippen LogP contribution in [0, 0.1) is 5.41 Å². The van der Waals surface area contributed by atoms with Crippen LogP contribution in [0.3, 0.4) is 0 Å². The van der Waals surface area contributed by atoms with Gasteiger partial charge in [-0.05, 0) is 24.7 Å². The highest BCUT2D eigenvalue weighted by Crippen LogP contribution is 2.16. The molecule has 0 saturated carbocycles. The molecule has 0 fully saturated rings. The van der Waals surface area contributed by atoms with Gasteiger partial charge in [0.05, 0.1) is 6.54 Å². The van der Waals surface area contributed by atoms with Crippen molar-refractivity contribution in [2.45, 2.75) is 27.3 Å². The summed E-state index contributed by atoms with van der Waals surface area (Å²) in [7, 11) is 1.96. The highest BCUT2D eigenvalue weighted by molar-refractivity contribution is 6.30. The molecule has 0 amide bonds. The third-order valence-corrected chi connectivity index (χ3v) is 2.87. The van der Waals surface area contributed by atoms with E-state index in [0.717, 1.165) is 11.6 Å². The molecule has 0 N–H and O–H groups in total. The molecule has 94 valence electrons. The van der Waals surface area contributed by atoms with Crippen molar-refractivity contribution < 1.29 is 4.79 Å². The van der Waals surface area contributed by atoms with Gasteiger partial charge in [0.1, 0.15) is 0 Å². The maximum absolute atomic E-state index is 11.9. The van der Waals surface area contributed by atoms with E-state index < -0.39 is 0 Å². The Morgan fingerprint density at radius 2 is 1.76 bits per heavy atom. The molecule has 0 atom stereocenters. The molecule has 0 heterocycles. The lowest BCUT2D eigenvalue weighted by atomic mass is 9.90. The van der Waals surface area contributed by atoms with Gasteiger partial charge >= 0.3 is 0 Å². The Balaban J connectivity index is 2.53. The number of carbonyl (C=O) groups excluding carboxylic acids is 1. The summed E-state index contributed by atoms with van der Waals surface area (Å²) < 4.78 is 0. The summed E-state index contributed by atoms with van der Waals surface area (Å²) in [6.45, 7) is 7.09. The van der Waals surface area contributed by atoms with Crippen molar-refractivity contribution in [3.8, 4) is 0 Å². The van der Waals surface area contributed by atoms with Crippen LogP contribution in [-0.4, -0.2) is 24.3 Å². The molecular formula is C14H20ClNO. The third-order valence-electron chi connectivity index (χ3n) is 2.62. The van der Waals surface area contributed by atoms with Crippen LogP contribution in [0.5, 0.6) is 0 Å². The number of Topliss-reactive ketones (excluding diaryl/α,β-unsaturated/α-hetero) is 1. The zero-order valence-electron chi connectivity index (χ0n) is 11.0. The molecule has 1 rings (SSSR count). The molecule has 0 radical (unpaired) electrons. The van der Waals surface area contributed by atoms with E-state index in [0.29, 0.717) is 6.54 Å². The normalized spacial score (nSPS) is 11.9. The van der Waals surface area contributed by atoms with E-state index in [9.17, 15) is 4.79 Å². The van der Waals surface area contributed by atoms with Crippen molar-refractivity contribution in [3.05, 3.63) is 34.9 Å². The average molecular weight is 254 g/mol. The van der Waals surface area contributed by atoms with E-state index in [1.165, 1.54) is 5.56 Å². The zero-order valence-corrected chi connectivity index (χ0v) is 11.7. The Morgan fingerprint density at radius 1 is 1.24 bits per heavy atom. The molecule has 1 aromatic rings. The van der Waals surface area contributed by atoms with Crippen molar-refractivity contribution in [1.29, 1.82) is 0 Å². The van der Waals surface area contributed by atoms with Crippen LogP contribution in [0.25, 0.3) is 0 Å². The highest BCUT2D eigenvalue weighted by atomic mass is 35.5. The average Bonchev–Trinajstić information content (AvgIpc) is 2.20. The molecule has 0 bridgehead atoms.